The van der Waals surface area contributed by atoms with Gasteiger partial charge in [0.05, 0.1) is 43.9 Å². The van der Waals surface area contributed by atoms with Crippen molar-refractivity contribution in [3.63, 3.8) is 0 Å². The second-order valence-electron chi connectivity index (χ2n) is 14.9. The number of ether oxygens (including phenoxy) is 2. The van der Waals surface area contributed by atoms with Crippen LogP contribution in [0.1, 0.15) is 83.1 Å². The zero-order valence-electron chi connectivity index (χ0n) is 34.6. The first-order chi connectivity index (χ1) is 29.1. The van der Waals surface area contributed by atoms with E-state index < -0.39 is 59.4 Å². The van der Waals surface area contributed by atoms with Crippen molar-refractivity contribution in [2.75, 3.05) is 51.4 Å². The Morgan fingerprint density at radius 2 is 1.31 bits per heavy atom. The van der Waals surface area contributed by atoms with Gasteiger partial charge in [0.25, 0.3) is 23.6 Å². The van der Waals surface area contributed by atoms with Gasteiger partial charge in [-0.1, -0.05) is 13.0 Å². The molecule has 7 amide bonds. The molecular formula is C42H58N6O13. The van der Waals surface area contributed by atoms with E-state index in [4.69, 9.17) is 20.3 Å². The number of carboxylic acids is 1. The van der Waals surface area contributed by atoms with Gasteiger partial charge in [-0.25, -0.2) is 0 Å². The predicted molar refractivity (Wildman–Crippen MR) is 219 cm³/mol. The molecule has 0 fully saturated rings. The van der Waals surface area contributed by atoms with E-state index in [1.54, 1.807) is 19.1 Å². The van der Waals surface area contributed by atoms with Crippen molar-refractivity contribution in [1.29, 1.82) is 0 Å². The van der Waals surface area contributed by atoms with Gasteiger partial charge in [0.1, 0.15) is 5.75 Å². The number of ketones is 1. The van der Waals surface area contributed by atoms with Gasteiger partial charge < -0.3 is 41.4 Å². The van der Waals surface area contributed by atoms with Crippen LogP contribution in [0.4, 0.5) is 5.69 Å². The van der Waals surface area contributed by atoms with Crippen LogP contribution >= 0.6 is 0 Å². The number of phenols is 1. The zero-order chi connectivity index (χ0) is 44.7. The number of aromatic hydroxyl groups is 1. The number of nitrogens with one attached hydrogen (secondary N) is 3. The van der Waals surface area contributed by atoms with Crippen molar-refractivity contribution in [2.24, 2.45) is 11.7 Å². The minimum atomic E-state index is -0.932. The number of nitrogens with zero attached hydrogens (tertiary/aromatic N) is 2. The number of anilines is 1. The molecule has 7 N–H and O–H groups in total. The number of amides is 7. The number of benzene rings is 1. The Bertz CT molecular complexity index is 1760. The Balaban J connectivity index is 1.32. The number of aliphatic carboxylic acids is 1. The molecule has 0 aliphatic carbocycles. The Labute approximate surface area is 354 Å². The Kier molecular flexibility index (Phi) is 21.5. The minimum absolute atomic E-state index is 0.00228. The molecule has 19 nitrogen and oxygen atoms in total. The first-order valence-corrected chi connectivity index (χ1v) is 20.6. The number of phenolic OH excluding ortho intramolecular Hbond substituents is 1. The highest BCUT2D eigenvalue weighted by molar-refractivity contribution is 6.13. The number of imide groups is 2. The molecule has 0 radical (unpaired) electrons. The summed E-state index contributed by atoms with van der Waals surface area (Å²) in [6.45, 7) is 2.83. The number of Topliss-reactive ketones (excluding diaryl/α,β-unsaturated/α-hetero) is 1. The van der Waals surface area contributed by atoms with E-state index in [9.17, 15) is 48.3 Å². The van der Waals surface area contributed by atoms with Gasteiger partial charge in [-0.05, 0) is 69.1 Å². The van der Waals surface area contributed by atoms with Crippen molar-refractivity contribution in [3.8, 4) is 5.75 Å². The number of carbonyl (C=O) groups is 9. The highest BCUT2D eigenvalue weighted by atomic mass is 16.5. The standard InChI is InChI=1S/C42H58N6O13/c1-28(42(58)59)25-30(43)26-29-11-12-34(50)32(27-29)46-37(53)17-22-61-24-23-60-21-6-8-33(49)31(45-36(52)10-5-20-48-40(56)15-16-41(48)57)7-2-3-18-44-35(51)9-4-19-47-38(54)13-14-39(47)55/h11-16,27-28,30-31,50H,2-10,17-26,43H2,1H3,(H,44,51)(H,45,52)(H,46,53)(H,58,59)/t28?,30-,31+/m1/s1. The molecule has 0 saturated heterocycles. The lowest BCUT2D eigenvalue weighted by atomic mass is 9.96. The average Bonchev–Trinajstić information content (AvgIpc) is 3.71. The monoisotopic (exact) mass is 854 g/mol. The van der Waals surface area contributed by atoms with Crippen LogP contribution in [0, 0.1) is 5.92 Å². The predicted octanol–water partition coefficient (Wildman–Crippen LogP) is 1.27. The summed E-state index contributed by atoms with van der Waals surface area (Å²) in [5.74, 6) is -4.59. The summed E-state index contributed by atoms with van der Waals surface area (Å²) in [4.78, 5) is 111. The maximum absolute atomic E-state index is 13.2. The summed E-state index contributed by atoms with van der Waals surface area (Å²) in [6.07, 6.45) is 7.84. The fourth-order valence-electron chi connectivity index (χ4n) is 6.44. The third kappa shape index (κ3) is 18.6. The van der Waals surface area contributed by atoms with Crippen molar-refractivity contribution >= 4 is 58.8 Å². The summed E-state index contributed by atoms with van der Waals surface area (Å²) >= 11 is 0. The fraction of sp³-hybridized carbons (Fsp3) is 0.548. The lowest BCUT2D eigenvalue weighted by Gasteiger charge is -2.19. The molecule has 3 rings (SSSR count). The molecule has 3 atom stereocenters. The van der Waals surface area contributed by atoms with Crippen molar-refractivity contribution in [2.45, 2.75) is 96.1 Å². The molecular weight excluding hydrogens is 796 g/mol. The number of rotatable bonds is 31. The van der Waals surface area contributed by atoms with Crippen LogP contribution in [0.3, 0.4) is 0 Å². The molecule has 1 unspecified atom stereocenters. The van der Waals surface area contributed by atoms with Gasteiger partial charge in [-0.2, -0.15) is 0 Å². The lowest BCUT2D eigenvalue weighted by molar-refractivity contribution is -0.141. The van der Waals surface area contributed by atoms with E-state index in [0.29, 0.717) is 45.1 Å². The lowest BCUT2D eigenvalue weighted by Crippen LogP contribution is -2.41. The van der Waals surface area contributed by atoms with Crippen LogP contribution < -0.4 is 21.7 Å². The minimum Gasteiger partial charge on any atom is -0.506 e. The number of carboxylic acid groups (broad SMARTS) is 1. The molecule has 0 saturated carbocycles. The zero-order valence-corrected chi connectivity index (χ0v) is 34.6. The Morgan fingerprint density at radius 1 is 0.721 bits per heavy atom. The number of unbranched alkanes of at least 4 members (excludes halogenated alkanes) is 1. The number of hydrogen-bond donors (Lipinski definition) is 6. The number of carbonyl (C=O) groups excluding carboxylic acids is 8. The molecule has 2 heterocycles. The smallest absolute Gasteiger partial charge is 0.306 e. The van der Waals surface area contributed by atoms with Gasteiger partial charge >= 0.3 is 5.97 Å². The van der Waals surface area contributed by atoms with E-state index in [0.717, 1.165) is 15.4 Å². The normalized spacial score (nSPS) is 15.0. The van der Waals surface area contributed by atoms with Gasteiger partial charge in [0, 0.05) is 75.8 Å². The molecule has 334 valence electrons. The maximum Gasteiger partial charge on any atom is 0.306 e. The Hall–Kier alpha value is -5.79. The third-order valence-electron chi connectivity index (χ3n) is 9.81. The molecule has 19 heteroatoms. The second kappa shape index (κ2) is 26.4. The van der Waals surface area contributed by atoms with Crippen LogP contribution in [-0.2, 0) is 59.0 Å². The maximum atomic E-state index is 13.2. The molecule has 2 aliphatic rings. The number of hydrogen-bond acceptors (Lipinski definition) is 13. The average molecular weight is 855 g/mol. The van der Waals surface area contributed by atoms with Crippen LogP contribution in [0.15, 0.2) is 42.5 Å². The molecule has 0 bridgehead atoms. The molecule has 1 aromatic rings. The first kappa shape index (κ1) is 49.6. The van der Waals surface area contributed by atoms with Crippen LogP contribution in [0.5, 0.6) is 5.75 Å². The second-order valence-corrected chi connectivity index (χ2v) is 14.9. The van der Waals surface area contributed by atoms with Crippen LogP contribution in [0.25, 0.3) is 0 Å². The topological polar surface area (TPSA) is 281 Å². The largest absolute Gasteiger partial charge is 0.506 e. The van der Waals surface area contributed by atoms with Crippen LogP contribution in [0.2, 0.25) is 0 Å². The van der Waals surface area contributed by atoms with E-state index in [2.05, 4.69) is 16.0 Å². The molecule has 2 aliphatic heterocycles. The molecule has 0 spiro atoms. The van der Waals surface area contributed by atoms with E-state index in [1.165, 1.54) is 30.4 Å². The summed E-state index contributed by atoms with van der Waals surface area (Å²) in [5, 5.41) is 27.5. The Morgan fingerprint density at radius 3 is 1.92 bits per heavy atom. The molecule has 61 heavy (non-hydrogen) atoms. The van der Waals surface area contributed by atoms with Gasteiger partial charge in [0.2, 0.25) is 17.7 Å². The molecule has 1 aromatic carbocycles. The first-order valence-electron chi connectivity index (χ1n) is 20.6. The SMILES string of the molecule is CC(C[C@@H](N)Cc1ccc(O)c(NC(=O)CCOCCOCCCC(=O)[C@H](CCCCNC(=O)CCCN2C(=O)C=CC2=O)NC(=O)CCCN2C(=O)C=CC2=O)c1)C(=O)O. The summed E-state index contributed by atoms with van der Waals surface area (Å²) in [7, 11) is 0. The summed E-state index contributed by atoms with van der Waals surface area (Å²) in [6, 6.07) is 3.47. The third-order valence-corrected chi connectivity index (χ3v) is 9.81. The van der Waals surface area contributed by atoms with Crippen LogP contribution in [-0.4, -0.2) is 131 Å². The van der Waals surface area contributed by atoms with E-state index in [1.807, 2.05) is 0 Å². The highest BCUT2D eigenvalue weighted by Gasteiger charge is 2.25. The van der Waals surface area contributed by atoms with Crippen molar-refractivity contribution < 1.29 is 62.8 Å². The van der Waals surface area contributed by atoms with Gasteiger partial charge in [-0.3, -0.25) is 53.0 Å². The highest BCUT2D eigenvalue weighted by Crippen LogP contribution is 2.25. The summed E-state index contributed by atoms with van der Waals surface area (Å²) in [5.41, 5.74) is 7.02. The van der Waals surface area contributed by atoms with Gasteiger partial charge in [0.15, 0.2) is 5.78 Å². The van der Waals surface area contributed by atoms with E-state index >= 15 is 0 Å². The van der Waals surface area contributed by atoms with E-state index in [-0.39, 0.29) is 101 Å². The molecule has 0 aromatic heterocycles. The van der Waals surface area contributed by atoms with Crippen molar-refractivity contribution in [1.82, 2.24) is 20.4 Å². The fourth-order valence-corrected chi connectivity index (χ4v) is 6.44. The van der Waals surface area contributed by atoms with Crippen molar-refractivity contribution in [3.05, 3.63) is 48.1 Å². The van der Waals surface area contributed by atoms with Gasteiger partial charge in [-0.15, -0.1) is 0 Å². The quantitative estimate of drug-likeness (QED) is 0.0349. The summed E-state index contributed by atoms with van der Waals surface area (Å²) < 4.78 is 11.1. The number of nitrogens with two attached hydrogens (primary N) is 1.